The molecular weight excluding hydrogens is 268 g/mol. The number of amides is 1. The molecule has 0 unspecified atom stereocenters. The van der Waals surface area contributed by atoms with Crippen LogP contribution in [0.5, 0.6) is 0 Å². The van der Waals surface area contributed by atoms with E-state index in [1.54, 1.807) is 4.68 Å². The van der Waals surface area contributed by atoms with Crippen molar-refractivity contribution in [2.75, 3.05) is 24.2 Å². The van der Waals surface area contributed by atoms with E-state index in [0.29, 0.717) is 5.95 Å². The van der Waals surface area contributed by atoms with Gasteiger partial charge in [0.2, 0.25) is 11.8 Å². The fourth-order valence-electron chi connectivity index (χ4n) is 2.25. The van der Waals surface area contributed by atoms with E-state index < -0.39 is 0 Å². The molecular formula is C14H18N6O. The molecule has 7 heteroatoms. The monoisotopic (exact) mass is 286 g/mol. The first kappa shape index (κ1) is 13.6. The molecule has 0 spiro atoms. The summed E-state index contributed by atoms with van der Waals surface area (Å²) in [5.41, 5.74) is 1.90. The van der Waals surface area contributed by atoms with E-state index in [1.807, 2.05) is 31.3 Å². The van der Waals surface area contributed by atoms with E-state index in [-0.39, 0.29) is 11.7 Å². The molecule has 1 amide bonds. The zero-order chi connectivity index (χ0) is 14.7. The normalized spacial score (nSPS) is 13.4. The standard InChI is InChI=1S/C14H18N6O/c1-15-9-10-3-5-11(6-4-10)17-13(21)12-18-14-16-7-2-8-20(14)19-12/h3-6,15H,2,7-9H2,1H3,(H,17,21)(H,16,18,19). The molecule has 0 bridgehead atoms. The third-order valence-electron chi connectivity index (χ3n) is 3.30. The zero-order valence-corrected chi connectivity index (χ0v) is 11.9. The molecule has 110 valence electrons. The van der Waals surface area contributed by atoms with Gasteiger partial charge in [0.1, 0.15) is 0 Å². The molecule has 0 saturated heterocycles. The minimum atomic E-state index is -0.292. The van der Waals surface area contributed by atoms with Crippen LogP contribution < -0.4 is 16.0 Å². The number of nitrogens with zero attached hydrogens (tertiary/aromatic N) is 3. The van der Waals surface area contributed by atoms with E-state index >= 15 is 0 Å². The second-order valence-corrected chi connectivity index (χ2v) is 4.94. The molecule has 1 aliphatic heterocycles. The Morgan fingerprint density at radius 1 is 1.38 bits per heavy atom. The molecule has 7 nitrogen and oxygen atoms in total. The SMILES string of the molecule is CNCc1ccc(NC(=O)c2nc3n(n2)CCCN3)cc1. The summed E-state index contributed by atoms with van der Waals surface area (Å²) in [6.07, 6.45) is 0.990. The van der Waals surface area contributed by atoms with Crippen molar-refractivity contribution in [1.82, 2.24) is 20.1 Å². The summed E-state index contributed by atoms with van der Waals surface area (Å²) in [7, 11) is 1.90. The van der Waals surface area contributed by atoms with Gasteiger partial charge in [0, 0.05) is 25.3 Å². The Balaban J connectivity index is 1.69. The van der Waals surface area contributed by atoms with Crippen LogP contribution in [0.2, 0.25) is 0 Å². The summed E-state index contributed by atoms with van der Waals surface area (Å²) >= 11 is 0. The summed E-state index contributed by atoms with van der Waals surface area (Å²) in [4.78, 5) is 16.4. The van der Waals surface area contributed by atoms with Gasteiger partial charge in [0.15, 0.2) is 0 Å². The number of aromatic nitrogens is 3. The van der Waals surface area contributed by atoms with Crippen LogP contribution in [0.3, 0.4) is 0 Å². The molecule has 1 aliphatic rings. The number of rotatable bonds is 4. The highest BCUT2D eigenvalue weighted by Gasteiger charge is 2.18. The number of hydrogen-bond donors (Lipinski definition) is 3. The van der Waals surface area contributed by atoms with Crippen LogP contribution in [-0.2, 0) is 13.1 Å². The van der Waals surface area contributed by atoms with Crippen molar-refractivity contribution in [3.05, 3.63) is 35.7 Å². The molecule has 0 atom stereocenters. The van der Waals surface area contributed by atoms with E-state index in [4.69, 9.17) is 0 Å². The molecule has 1 aromatic heterocycles. The third kappa shape index (κ3) is 3.03. The lowest BCUT2D eigenvalue weighted by atomic mass is 10.2. The van der Waals surface area contributed by atoms with Crippen molar-refractivity contribution >= 4 is 17.5 Å². The van der Waals surface area contributed by atoms with Crippen molar-refractivity contribution in [2.45, 2.75) is 19.5 Å². The molecule has 0 saturated carbocycles. The van der Waals surface area contributed by atoms with Crippen molar-refractivity contribution in [3.63, 3.8) is 0 Å². The minimum Gasteiger partial charge on any atom is -0.354 e. The summed E-state index contributed by atoms with van der Waals surface area (Å²) in [5.74, 6) is 0.564. The van der Waals surface area contributed by atoms with Crippen LogP contribution in [0.25, 0.3) is 0 Å². The van der Waals surface area contributed by atoms with Crippen LogP contribution in [0.15, 0.2) is 24.3 Å². The predicted molar refractivity (Wildman–Crippen MR) is 80.3 cm³/mol. The largest absolute Gasteiger partial charge is 0.354 e. The highest BCUT2D eigenvalue weighted by molar-refractivity contribution is 6.01. The molecule has 2 aromatic rings. The van der Waals surface area contributed by atoms with Gasteiger partial charge in [-0.15, -0.1) is 5.10 Å². The molecule has 0 aliphatic carbocycles. The number of carbonyl (C=O) groups is 1. The maximum atomic E-state index is 12.2. The van der Waals surface area contributed by atoms with E-state index in [2.05, 4.69) is 26.0 Å². The first-order chi connectivity index (χ1) is 10.3. The molecule has 1 aromatic carbocycles. The van der Waals surface area contributed by atoms with Crippen LogP contribution in [-0.4, -0.2) is 34.3 Å². The summed E-state index contributed by atoms with van der Waals surface area (Å²) in [6, 6.07) is 7.69. The van der Waals surface area contributed by atoms with E-state index in [9.17, 15) is 4.79 Å². The Hall–Kier alpha value is -2.41. The number of anilines is 2. The molecule has 0 fully saturated rings. The second-order valence-electron chi connectivity index (χ2n) is 4.94. The van der Waals surface area contributed by atoms with Gasteiger partial charge in [0.25, 0.3) is 5.91 Å². The number of benzene rings is 1. The highest BCUT2D eigenvalue weighted by atomic mass is 16.2. The first-order valence-electron chi connectivity index (χ1n) is 7.00. The molecule has 0 radical (unpaired) electrons. The number of hydrogen-bond acceptors (Lipinski definition) is 5. The van der Waals surface area contributed by atoms with Crippen molar-refractivity contribution in [1.29, 1.82) is 0 Å². The maximum absolute atomic E-state index is 12.2. The van der Waals surface area contributed by atoms with Gasteiger partial charge in [0.05, 0.1) is 0 Å². The average Bonchev–Trinajstić information content (AvgIpc) is 2.94. The maximum Gasteiger partial charge on any atom is 0.295 e. The summed E-state index contributed by atoms with van der Waals surface area (Å²) in [5, 5.41) is 13.2. The van der Waals surface area contributed by atoms with Crippen molar-refractivity contribution < 1.29 is 4.79 Å². The molecule has 3 N–H and O–H groups in total. The lowest BCUT2D eigenvalue weighted by Crippen LogP contribution is -2.18. The summed E-state index contributed by atoms with van der Waals surface area (Å²) < 4.78 is 1.73. The van der Waals surface area contributed by atoms with Crippen LogP contribution in [0.1, 0.15) is 22.6 Å². The smallest absolute Gasteiger partial charge is 0.295 e. The number of fused-ring (bicyclic) bond motifs is 1. The lowest BCUT2D eigenvalue weighted by Gasteiger charge is -2.12. The van der Waals surface area contributed by atoms with Gasteiger partial charge in [-0.1, -0.05) is 12.1 Å². The predicted octanol–water partition coefficient (Wildman–Crippen LogP) is 1.07. The number of nitrogens with one attached hydrogen (secondary N) is 3. The van der Waals surface area contributed by atoms with Gasteiger partial charge in [-0.2, -0.15) is 4.98 Å². The van der Waals surface area contributed by atoms with Gasteiger partial charge < -0.3 is 16.0 Å². The first-order valence-corrected chi connectivity index (χ1v) is 7.00. The summed E-state index contributed by atoms with van der Waals surface area (Å²) in [6.45, 7) is 2.46. The third-order valence-corrected chi connectivity index (χ3v) is 3.30. The number of aryl methyl sites for hydroxylation is 1. The van der Waals surface area contributed by atoms with Crippen LogP contribution in [0.4, 0.5) is 11.6 Å². The zero-order valence-electron chi connectivity index (χ0n) is 11.9. The Labute approximate surface area is 122 Å². The van der Waals surface area contributed by atoms with Crippen LogP contribution >= 0.6 is 0 Å². The fraction of sp³-hybridized carbons (Fsp3) is 0.357. The minimum absolute atomic E-state index is 0.193. The quantitative estimate of drug-likeness (QED) is 0.783. The van der Waals surface area contributed by atoms with E-state index in [1.165, 1.54) is 0 Å². The Morgan fingerprint density at radius 3 is 2.90 bits per heavy atom. The Kier molecular flexibility index (Phi) is 3.83. The average molecular weight is 286 g/mol. The molecule has 21 heavy (non-hydrogen) atoms. The van der Waals surface area contributed by atoms with Gasteiger partial charge in [-0.05, 0) is 31.2 Å². The van der Waals surface area contributed by atoms with Crippen molar-refractivity contribution in [3.8, 4) is 0 Å². The lowest BCUT2D eigenvalue weighted by molar-refractivity contribution is 0.101. The van der Waals surface area contributed by atoms with Crippen molar-refractivity contribution in [2.24, 2.45) is 0 Å². The fourth-order valence-corrected chi connectivity index (χ4v) is 2.25. The van der Waals surface area contributed by atoms with Crippen LogP contribution in [0, 0.1) is 0 Å². The Bertz CT molecular complexity index is 610. The highest BCUT2D eigenvalue weighted by Crippen LogP contribution is 2.13. The molecule has 2 heterocycles. The topological polar surface area (TPSA) is 83.9 Å². The second kappa shape index (κ2) is 5.92. The number of carbonyl (C=O) groups excluding carboxylic acids is 1. The Morgan fingerprint density at radius 2 is 2.19 bits per heavy atom. The van der Waals surface area contributed by atoms with Gasteiger partial charge in [-0.25, -0.2) is 4.68 Å². The van der Waals surface area contributed by atoms with Gasteiger partial charge in [-0.3, -0.25) is 4.79 Å². The molecule has 3 rings (SSSR count). The van der Waals surface area contributed by atoms with E-state index in [0.717, 1.165) is 37.3 Å². The van der Waals surface area contributed by atoms with Gasteiger partial charge >= 0.3 is 0 Å².